The van der Waals surface area contributed by atoms with Crippen molar-refractivity contribution in [2.45, 2.75) is 26.1 Å². The monoisotopic (exact) mass is 627 g/mol. The van der Waals surface area contributed by atoms with Crippen LogP contribution in [0.5, 0.6) is 5.75 Å². The van der Waals surface area contributed by atoms with Gasteiger partial charge in [0.15, 0.2) is 5.65 Å². The van der Waals surface area contributed by atoms with Crippen LogP contribution in [0.2, 0.25) is 0 Å². The first-order valence-electron chi connectivity index (χ1n) is 14.2. The Hall–Kier alpha value is -5.01. The minimum Gasteiger partial charge on any atom is -0.490 e. The van der Waals surface area contributed by atoms with E-state index in [1.165, 1.54) is 30.6 Å². The molecule has 0 bridgehead atoms. The number of thiophene rings is 1. The van der Waals surface area contributed by atoms with Crippen molar-refractivity contribution in [1.29, 1.82) is 0 Å². The summed E-state index contributed by atoms with van der Waals surface area (Å²) >= 11 is 1.41. The Morgan fingerprint density at radius 3 is 2.84 bits per heavy atom. The van der Waals surface area contributed by atoms with Gasteiger partial charge in [-0.15, -0.1) is 21.5 Å². The molecular weight excluding hydrogens is 600 g/mol. The molecule has 0 saturated carbocycles. The van der Waals surface area contributed by atoms with Gasteiger partial charge in [0.05, 0.1) is 36.6 Å². The maximum absolute atomic E-state index is 16.0. The molecule has 0 aliphatic carbocycles. The Morgan fingerprint density at radius 2 is 2.02 bits per heavy atom. The molecular formula is C32H27F2N7O3S. The molecule has 10 nitrogen and oxygen atoms in total. The normalized spacial score (nSPS) is 14.7. The number of hydrogen-bond acceptors (Lipinski definition) is 8. The maximum atomic E-state index is 16.0. The number of carbonyl (C=O) groups excluding carboxylic acids is 1. The second-order valence-electron chi connectivity index (χ2n) is 10.7. The van der Waals surface area contributed by atoms with Crippen LogP contribution in [0.1, 0.15) is 12.6 Å². The average Bonchev–Trinajstić information content (AvgIpc) is 3.79. The highest BCUT2D eigenvalue weighted by Crippen LogP contribution is 2.47. The number of pyridine rings is 2. The number of hydrogen-bond donors (Lipinski definition) is 0. The van der Waals surface area contributed by atoms with Gasteiger partial charge in [-0.25, -0.2) is 13.8 Å². The number of rotatable bonds is 8. The highest BCUT2D eigenvalue weighted by molar-refractivity contribution is 7.18. The Kier molecular flexibility index (Phi) is 7.34. The lowest BCUT2D eigenvalue weighted by atomic mass is 9.96. The number of carbonyl (C=O) groups is 1. The van der Waals surface area contributed by atoms with E-state index in [0.717, 1.165) is 27.4 Å². The second-order valence-corrected chi connectivity index (χ2v) is 11.6. The summed E-state index contributed by atoms with van der Waals surface area (Å²) in [5.41, 5.74) is 4.28. The lowest BCUT2D eigenvalue weighted by molar-refractivity contribution is -0.129. The van der Waals surface area contributed by atoms with Gasteiger partial charge in [0.1, 0.15) is 41.7 Å². The smallest absolute Gasteiger partial charge is 0.246 e. The van der Waals surface area contributed by atoms with Crippen molar-refractivity contribution in [3.63, 3.8) is 0 Å². The topological polar surface area (TPSA) is 99.7 Å². The number of amides is 1. The number of methoxy groups -OCH3 is 1. The Morgan fingerprint density at radius 1 is 1.16 bits per heavy atom. The van der Waals surface area contributed by atoms with Crippen LogP contribution in [-0.4, -0.2) is 66.5 Å². The van der Waals surface area contributed by atoms with E-state index in [4.69, 9.17) is 19.6 Å². The van der Waals surface area contributed by atoms with Gasteiger partial charge in [0.2, 0.25) is 5.91 Å². The molecule has 7 rings (SSSR count). The average molecular weight is 628 g/mol. The van der Waals surface area contributed by atoms with Crippen LogP contribution in [0.15, 0.2) is 67.0 Å². The predicted octanol–water partition coefficient (Wildman–Crippen LogP) is 5.76. The van der Waals surface area contributed by atoms with Gasteiger partial charge in [-0.1, -0.05) is 6.58 Å². The van der Waals surface area contributed by atoms with Crippen molar-refractivity contribution >= 4 is 33.0 Å². The Bertz CT molecular complexity index is 2100. The third kappa shape index (κ3) is 5.03. The summed E-state index contributed by atoms with van der Waals surface area (Å²) in [4.78, 5) is 19.4. The quantitative estimate of drug-likeness (QED) is 0.156. The van der Waals surface area contributed by atoms with E-state index in [0.29, 0.717) is 41.4 Å². The van der Waals surface area contributed by atoms with E-state index in [2.05, 4.69) is 16.8 Å². The van der Waals surface area contributed by atoms with Gasteiger partial charge in [-0.2, -0.15) is 5.10 Å². The van der Waals surface area contributed by atoms with Crippen molar-refractivity contribution in [3.8, 4) is 39.5 Å². The SMILES string of the molecule is C=CC(=O)N1Cc2cc(-c3nc(-c4ccc5nncn5c4)c4ccsc4c3-c3c(F)cc(F)cc3OCCOC)nn2C[C@H]1C. The molecule has 0 radical (unpaired) electrons. The van der Waals surface area contributed by atoms with Crippen LogP contribution in [-0.2, 0) is 22.6 Å². The van der Waals surface area contributed by atoms with Crippen molar-refractivity contribution in [2.24, 2.45) is 0 Å². The zero-order valence-electron chi connectivity index (χ0n) is 24.4. The fourth-order valence-electron chi connectivity index (χ4n) is 5.72. The van der Waals surface area contributed by atoms with E-state index in [9.17, 15) is 9.18 Å². The van der Waals surface area contributed by atoms with Gasteiger partial charge in [-0.05, 0) is 42.6 Å². The van der Waals surface area contributed by atoms with E-state index in [1.807, 2.05) is 47.4 Å². The number of nitrogens with zero attached hydrogens (tertiary/aromatic N) is 7. The molecule has 6 aromatic rings. The molecule has 0 N–H and O–H groups in total. The minimum absolute atomic E-state index is 0.0290. The summed E-state index contributed by atoms with van der Waals surface area (Å²) in [6.45, 7) is 6.68. The minimum atomic E-state index is -0.792. The molecule has 0 unspecified atom stereocenters. The van der Waals surface area contributed by atoms with Gasteiger partial charge in [-0.3, -0.25) is 13.9 Å². The largest absolute Gasteiger partial charge is 0.490 e. The summed E-state index contributed by atoms with van der Waals surface area (Å²) in [5.74, 6) is -1.70. The molecule has 1 aromatic carbocycles. The van der Waals surface area contributed by atoms with Crippen LogP contribution in [0.3, 0.4) is 0 Å². The molecule has 0 spiro atoms. The van der Waals surface area contributed by atoms with E-state index in [1.54, 1.807) is 15.6 Å². The molecule has 1 aliphatic rings. The summed E-state index contributed by atoms with van der Waals surface area (Å²) in [5, 5.41) is 15.7. The molecule has 0 saturated heterocycles. The van der Waals surface area contributed by atoms with E-state index in [-0.39, 0.29) is 36.5 Å². The third-order valence-corrected chi connectivity index (χ3v) is 8.78. The molecule has 1 aliphatic heterocycles. The summed E-state index contributed by atoms with van der Waals surface area (Å²) in [6.07, 6.45) is 4.79. The van der Waals surface area contributed by atoms with Crippen molar-refractivity contribution in [1.82, 2.24) is 34.3 Å². The van der Waals surface area contributed by atoms with Crippen LogP contribution >= 0.6 is 11.3 Å². The van der Waals surface area contributed by atoms with Crippen LogP contribution < -0.4 is 4.74 Å². The van der Waals surface area contributed by atoms with Crippen molar-refractivity contribution in [2.75, 3.05) is 20.3 Å². The first-order valence-corrected chi connectivity index (χ1v) is 15.1. The molecule has 13 heteroatoms. The molecule has 228 valence electrons. The summed E-state index contributed by atoms with van der Waals surface area (Å²) < 4.78 is 45.9. The van der Waals surface area contributed by atoms with E-state index >= 15 is 4.39 Å². The van der Waals surface area contributed by atoms with Crippen molar-refractivity contribution < 1.29 is 23.0 Å². The highest BCUT2D eigenvalue weighted by atomic mass is 32.1. The first-order chi connectivity index (χ1) is 21.9. The number of aromatic nitrogens is 6. The zero-order chi connectivity index (χ0) is 31.2. The maximum Gasteiger partial charge on any atom is 0.246 e. The highest BCUT2D eigenvalue weighted by Gasteiger charge is 2.30. The van der Waals surface area contributed by atoms with Gasteiger partial charge in [0.25, 0.3) is 0 Å². The molecule has 6 heterocycles. The second kappa shape index (κ2) is 11.5. The van der Waals surface area contributed by atoms with Gasteiger partial charge >= 0.3 is 0 Å². The number of ether oxygens (including phenoxy) is 2. The summed E-state index contributed by atoms with van der Waals surface area (Å²) in [6, 6.07) is 9.43. The van der Waals surface area contributed by atoms with Crippen LogP contribution in [0, 0.1) is 11.6 Å². The van der Waals surface area contributed by atoms with E-state index < -0.39 is 11.6 Å². The molecule has 5 aromatic heterocycles. The standard InChI is InChI=1S/C32H27F2N7O3S/c1-4-27(42)40-16-21-13-24(38-41(21)14-18(40)2)31-29(28-23(34)11-20(33)12-25(28)44-9-8-43-3)32-22(7-10-45-32)30(36-31)19-5-6-26-37-35-17-39(26)15-19/h4-7,10-13,15,17-18H,1,8-9,14,16H2,2-3H3/t18-/m1/s1. The van der Waals surface area contributed by atoms with Gasteiger partial charge < -0.3 is 14.4 Å². The predicted molar refractivity (Wildman–Crippen MR) is 166 cm³/mol. The number of halogens is 2. The molecule has 1 amide bonds. The first kappa shape index (κ1) is 28.7. The fourth-order valence-corrected chi connectivity index (χ4v) is 6.67. The Balaban J connectivity index is 1.49. The zero-order valence-corrected chi connectivity index (χ0v) is 25.2. The van der Waals surface area contributed by atoms with Crippen molar-refractivity contribution in [3.05, 3.63) is 84.3 Å². The Labute approximate surface area is 260 Å². The number of fused-ring (bicyclic) bond motifs is 3. The summed E-state index contributed by atoms with van der Waals surface area (Å²) in [7, 11) is 1.52. The van der Waals surface area contributed by atoms with Gasteiger partial charge in [0, 0.05) is 52.7 Å². The fraction of sp³-hybridized carbons (Fsp3) is 0.219. The lowest BCUT2D eigenvalue weighted by Gasteiger charge is -2.33. The number of benzene rings is 1. The lowest BCUT2D eigenvalue weighted by Crippen LogP contribution is -2.44. The molecule has 45 heavy (non-hydrogen) atoms. The molecule has 0 fully saturated rings. The van der Waals surface area contributed by atoms with Crippen LogP contribution in [0.4, 0.5) is 8.78 Å². The van der Waals surface area contributed by atoms with Crippen LogP contribution in [0.25, 0.3) is 49.5 Å². The molecule has 1 atom stereocenters. The third-order valence-electron chi connectivity index (χ3n) is 7.85.